The average molecular weight is 286 g/mol. The molecule has 0 spiro atoms. The van der Waals surface area contributed by atoms with E-state index in [-0.39, 0.29) is 5.54 Å². The lowest BCUT2D eigenvalue weighted by molar-refractivity contribution is 0.182. The fourth-order valence-corrected chi connectivity index (χ4v) is 3.91. The van der Waals surface area contributed by atoms with E-state index >= 15 is 0 Å². The predicted molar refractivity (Wildman–Crippen MR) is 79.3 cm³/mol. The van der Waals surface area contributed by atoms with Gasteiger partial charge in [-0.15, -0.1) is 0 Å². The molecule has 1 aromatic rings. The summed E-state index contributed by atoms with van der Waals surface area (Å²) in [7, 11) is 0. The number of rotatable bonds is 2. The highest BCUT2D eigenvalue weighted by atomic mass is 35.5. The van der Waals surface area contributed by atoms with Crippen LogP contribution in [0.3, 0.4) is 0 Å². The van der Waals surface area contributed by atoms with Gasteiger partial charge in [0.15, 0.2) is 0 Å². The number of hydrogen-bond acceptors (Lipinski definition) is 1. The van der Waals surface area contributed by atoms with Gasteiger partial charge in [0, 0.05) is 15.6 Å². The maximum atomic E-state index is 6.59. The minimum atomic E-state index is -0.134. The topological polar surface area (TPSA) is 26.0 Å². The summed E-state index contributed by atoms with van der Waals surface area (Å²) < 4.78 is 0. The van der Waals surface area contributed by atoms with Crippen molar-refractivity contribution in [3.05, 3.63) is 33.8 Å². The van der Waals surface area contributed by atoms with E-state index in [1.165, 1.54) is 6.42 Å². The molecule has 0 bridgehead atoms. The van der Waals surface area contributed by atoms with Gasteiger partial charge in [-0.05, 0) is 61.3 Å². The summed E-state index contributed by atoms with van der Waals surface area (Å²) in [5.41, 5.74) is 7.53. The van der Waals surface area contributed by atoms with Gasteiger partial charge in [-0.25, -0.2) is 0 Å². The van der Waals surface area contributed by atoms with Crippen LogP contribution in [0.4, 0.5) is 0 Å². The number of benzene rings is 1. The van der Waals surface area contributed by atoms with Crippen LogP contribution in [0.25, 0.3) is 0 Å². The first-order valence-corrected chi connectivity index (χ1v) is 7.36. The van der Waals surface area contributed by atoms with E-state index in [9.17, 15) is 0 Å². The minimum absolute atomic E-state index is 0.134. The Hall–Kier alpha value is -0.240. The van der Waals surface area contributed by atoms with Crippen molar-refractivity contribution in [2.45, 2.75) is 45.1 Å². The van der Waals surface area contributed by atoms with Gasteiger partial charge in [-0.2, -0.15) is 0 Å². The molecule has 0 radical (unpaired) electrons. The second-order valence-corrected chi connectivity index (χ2v) is 6.97. The molecule has 2 N–H and O–H groups in total. The molecule has 0 aromatic heterocycles. The van der Waals surface area contributed by atoms with Crippen molar-refractivity contribution in [3.8, 4) is 0 Å². The van der Waals surface area contributed by atoms with Gasteiger partial charge in [0.05, 0.1) is 0 Å². The number of hydrogen-bond donors (Lipinski definition) is 1. The van der Waals surface area contributed by atoms with Crippen molar-refractivity contribution in [1.29, 1.82) is 0 Å². The molecule has 1 aromatic carbocycles. The maximum absolute atomic E-state index is 6.59. The molecule has 0 heterocycles. The van der Waals surface area contributed by atoms with E-state index in [4.69, 9.17) is 28.9 Å². The molecule has 3 heteroatoms. The molecule has 0 aliphatic heterocycles. The summed E-state index contributed by atoms with van der Waals surface area (Å²) in [6.45, 7) is 4.58. The van der Waals surface area contributed by atoms with E-state index in [0.717, 1.165) is 34.9 Å². The highest BCUT2D eigenvalue weighted by molar-refractivity contribution is 6.33. The smallest absolute Gasteiger partial charge is 0.0439 e. The lowest BCUT2D eigenvalue weighted by Gasteiger charge is -2.40. The molecular formula is C15H21Cl2N. The van der Waals surface area contributed by atoms with Crippen LogP contribution in [0.5, 0.6) is 0 Å². The van der Waals surface area contributed by atoms with Crippen LogP contribution in [0, 0.1) is 11.8 Å². The van der Waals surface area contributed by atoms with Crippen LogP contribution in [-0.4, -0.2) is 5.54 Å². The van der Waals surface area contributed by atoms with Crippen molar-refractivity contribution < 1.29 is 0 Å². The fraction of sp³-hybridized carbons (Fsp3) is 0.600. The number of halogens is 2. The third-order valence-corrected chi connectivity index (χ3v) is 4.47. The second kappa shape index (κ2) is 5.40. The molecule has 1 aliphatic carbocycles. The van der Waals surface area contributed by atoms with E-state index in [1.54, 1.807) is 0 Å². The summed E-state index contributed by atoms with van der Waals surface area (Å²) in [6, 6.07) is 5.63. The summed E-state index contributed by atoms with van der Waals surface area (Å²) in [5.74, 6) is 1.38. The van der Waals surface area contributed by atoms with Crippen LogP contribution in [0.2, 0.25) is 10.0 Å². The van der Waals surface area contributed by atoms with Gasteiger partial charge in [-0.3, -0.25) is 0 Å². The Balaban J connectivity index is 2.18. The van der Waals surface area contributed by atoms with E-state index < -0.39 is 0 Å². The Bertz CT molecular complexity index is 421. The third kappa shape index (κ3) is 3.40. The standard InChI is InChI=1S/C15H21Cl2N/c1-10-5-11(2)8-15(18,7-10)9-12-6-13(16)3-4-14(12)17/h3-4,6,10-11H,5,7-9,18H2,1-2H3. The van der Waals surface area contributed by atoms with Crippen molar-refractivity contribution in [2.24, 2.45) is 17.6 Å². The highest BCUT2D eigenvalue weighted by Gasteiger charge is 2.34. The first-order chi connectivity index (χ1) is 8.38. The Morgan fingerprint density at radius 2 is 1.83 bits per heavy atom. The first kappa shape index (κ1) is 14.2. The molecule has 1 aliphatic rings. The zero-order chi connectivity index (χ0) is 13.3. The lowest BCUT2D eigenvalue weighted by Crippen LogP contribution is -2.48. The maximum Gasteiger partial charge on any atom is 0.0439 e. The van der Waals surface area contributed by atoms with E-state index in [1.807, 2.05) is 18.2 Å². The average Bonchev–Trinajstić information content (AvgIpc) is 2.21. The van der Waals surface area contributed by atoms with Crippen LogP contribution in [0.1, 0.15) is 38.7 Å². The molecule has 1 fully saturated rings. The summed E-state index contributed by atoms with van der Waals surface area (Å²) in [6.07, 6.45) is 4.24. The largest absolute Gasteiger partial charge is 0.325 e. The molecule has 18 heavy (non-hydrogen) atoms. The van der Waals surface area contributed by atoms with Gasteiger partial charge >= 0.3 is 0 Å². The molecule has 1 saturated carbocycles. The molecule has 100 valence electrons. The van der Waals surface area contributed by atoms with Crippen LogP contribution >= 0.6 is 23.2 Å². The van der Waals surface area contributed by atoms with Gasteiger partial charge in [0.25, 0.3) is 0 Å². The van der Waals surface area contributed by atoms with Crippen LogP contribution in [-0.2, 0) is 6.42 Å². The van der Waals surface area contributed by atoms with Crippen LogP contribution < -0.4 is 5.73 Å². The quantitative estimate of drug-likeness (QED) is 0.838. The zero-order valence-electron chi connectivity index (χ0n) is 11.0. The van der Waals surface area contributed by atoms with Gasteiger partial charge < -0.3 is 5.73 Å². The van der Waals surface area contributed by atoms with Gasteiger partial charge in [0.1, 0.15) is 0 Å². The Morgan fingerprint density at radius 3 is 2.44 bits per heavy atom. The molecule has 2 rings (SSSR count). The molecule has 0 amide bonds. The van der Waals surface area contributed by atoms with Crippen LogP contribution in [0.15, 0.2) is 18.2 Å². The van der Waals surface area contributed by atoms with E-state index in [0.29, 0.717) is 11.8 Å². The normalized spacial score (nSPS) is 32.5. The fourth-order valence-electron chi connectivity index (χ4n) is 3.53. The summed E-state index contributed by atoms with van der Waals surface area (Å²) in [5, 5.41) is 1.50. The minimum Gasteiger partial charge on any atom is -0.325 e. The number of nitrogens with two attached hydrogens (primary N) is 1. The highest BCUT2D eigenvalue weighted by Crippen LogP contribution is 2.37. The lowest BCUT2D eigenvalue weighted by atomic mass is 9.70. The van der Waals surface area contributed by atoms with Crippen molar-refractivity contribution in [3.63, 3.8) is 0 Å². The first-order valence-electron chi connectivity index (χ1n) is 6.61. The summed E-state index contributed by atoms with van der Waals surface area (Å²) in [4.78, 5) is 0. The van der Waals surface area contributed by atoms with Gasteiger partial charge in [0.2, 0.25) is 0 Å². The zero-order valence-corrected chi connectivity index (χ0v) is 12.6. The SMILES string of the molecule is CC1CC(C)CC(N)(Cc2cc(Cl)ccc2Cl)C1. The monoisotopic (exact) mass is 285 g/mol. The second-order valence-electron chi connectivity index (χ2n) is 6.13. The van der Waals surface area contributed by atoms with Crippen molar-refractivity contribution in [2.75, 3.05) is 0 Å². The molecule has 2 atom stereocenters. The summed E-state index contributed by atoms with van der Waals surface area (Å²) >= 11 is 12.3. The molecular weight excluding hydrogens is 265 g/mol. The Labute approximate surface area is 120 Å². The molecule has 1 nitrogen and oxygen atoms in total. The Kier molecular flexibility index (Phi) is 4.25. The van der Waals surface area contributed by atoms with Gasteiger partial charge in [-0.1, -0.05) is 37.0 Å². The predicted octanol–water partition coefficient (Wildman–Crippen LogP) is 4.69. The van der Waals surface area contributed by atoms with Crippen molar-refractivity contribution in [1.82, 2.24) is 0 Å². The molecule has 0 saturated heterocycles. The van der Waals surface area contributed by atoms with Crippen molar-refractivity contribution >= 4 is 23.2 Å². The van der Waals surface area contributed by atoms with E-state index in [2.05, 4.69) is 13.8 Å². The third-order valence-electron chi connectivity index (χ3n) is 3.86. The Morgan fingerprint density at radius 1 is 1.22 bits per heavy atom. The molecule has 2 unspecified atom stereocenters.